The number of esters is 3. The van der Waals surface area contributed by atoms with Gasteiger partial charge in [-0.15, -0.1) is 0 Å². The van der Waals surface area contributed by atoms with E-state index in [0.29, 0.717) is 19.3 Å². The minimum absolute atomic E-state index is 0.0695. The Morgan fingerprint density at radius 2 is 0.632 bits per heavy atom. The number of rotatable bonds is 45. The lowest BCUT2D eigenvalue weighted by molar-refractivity contribution is -0.167. The van der Waals surface area contributed by atoms with Crippen molar-refractivity contribution in [2.75, 3.05) is 13.2 Å². The lowest BCUT2D eigenvalue weighted by Gasteiger charge is -2.18. The molecule has 0 radical (unpaired) electrons. The highest BCUT2D eigenvalue weighted by Crippen LogP contribution is 2.15. The van der Waals surface area contributed by atoms with E-state index in [1.807, 2.05) is 0 Å². The minimum atomic E-state index is -0.766. The van der Waals surface area contributed by atoms with Gasteiger partial charge in [0.15, 0.2) is 6.10 Å². The fourth-order valence-electron chi connectivity index (χ4n) is 7.18. The van der Waals surface area contributed by atoms with Gasteiger partial charge in [0, 0.05) is 19.3 Å². The van der Waals surface area contributed by atoms with Crippen LogP contribution in [0.3, 0.4) is 0 Å². The second-order valence-electron chi connectivity index (χ2n) is 16.7. The van der Waals surface area contributed by atoms with Crippen molar-refractivity contribution in [2.24, 2.45) is 0 Å². The summed E-state index contributed by atoms with van der Waals surface area (Å²) in [5.41, 5.74) is 0. The number of unbranched alkanes of at least 4 members (excludes halogenated alkanes) is 30. The molecule has 0 spiro atoms. The number of ether oxygens (including phenoxy) is 3. The number of carbonyl (C=O) groups is 3. The van der Waals surface area contributed by atoms with Crippen molar-refractivity contribution in [1.82, 2.24) is 0 Å². The molecule has 0 aliphatic rings. The number of hydrogen-bond donors (Lipinski definition) is 0. The van der Waals surface area contributed by atoms with Crippen LogP contribution in [0.1, 0.15) is 265 Å². The first-order chi connectivity index (χ1) is 28.0. The van der Waals surface area contributed by atoms with E-state index in [1.165, 1.54) is 154 Å². The van der Waals surface area contributed by atoms with Crippen LogP contribution in [0, 0.1) is 0 Å². The standard InChI is InChI=1S/C51H94O6/c1-4-7-10-13-16-19-22-23-24-25-26-27-28-30-32-35-38-41-44-50(53)56-47-48(46-55-49(52)43-40-37-34-31-21-18-15-12-9-6-3)57-51(54)45-42-39-36-33-29-20-17-14-11-8-5-2/h19,22,24-25,48H,4-18,20-21,23,26-47H2,1-3H3/b22-19-,25-24-. The second-order valence-corrected chi connectivity index (χ2v) is 16.7. The molecular formula is C51H94O6. The average Bonchev–Trinajstić information content (AvgIpc) is 3.21. The maximum Gasteiger partial charge on any atom is 0.306 e. The van der Waals surface area contributed by atoms with Crippen molar-refractivity contribution in [1.29, 1.82) is 0 Å². The van der Waals surface area contributed by atoms with Gasteiger partial charge in [-0.25, -0.2) is 0 Å². The molecule has 57 heavy (non-hydrogen) atoms. The Balaban J connectivity index is 4.29. The van der Waals surface area contributed by atoms with E-state index in [9.17, 15) is 14.4 Å². The van der Waals surface area contributed by atoms with E-state index in [2.05, 4.69) is 45.1 Å². The summed E-state index contributed by atoms with van der Waals surface area (Å²) >= 11 is 0. The highest BCUT2D eigenvalue weighted by molar-refractivity contribution is 5.71. The third kappa shape index (κ3) is 44.8. The molecule has 0 rings (SSSR count). The lowest BCUT2D eigenvalue weighted by atomic mass is 10.1. The van der Waals surface area contributed by atoms with Crippen LogP contribution in [-0.2, 0) is 28.6 Å². The summed E-state index contributed by atoms with van der Waals surface area (Å²) in [7, 11) is 0. The Bertz CT molecular complexity index is 927. The van der Waals surface area contributed by atoms with Gasteiger partial charge >= 0.3 is 17.9 Å². The first-order valence-corrected chi connectivity index (χ1v) is 24.8. The Hall–Kier alpha value is -2.11. The Labute approximate surface area is 353 Å². The minimum Gasteiger partial charge on any atom is -0.462 e. The van der Waals surface area contributed by atoms with E-state index in [0.717, 1.165) is 70.6 Å². The fraction of sp³-hybridized carbons (Fsp3) is 0.863. The molecule has 0 aromatic carbocycles. The van der Waals surface area contributed by atoms with Crippen molar-refractivity contribution >= 4 is 17.9 Å². The van der Waals surface area contributed by atoms with Crippen molar-refractivity contribution in [3.63, 3.8) is 0 Å². The van der Waals surface area contributed by atoms with Crippen LogP contribution in [0.4, 0.5) is 0 Å². The Morgan fingerprint density at radius 3 is 0.982 bits per heavy atom. The average molecular weight is 803 g/mol. The van der Waals surface area contributed by atoms with Crippen molar-refractivity contribution < 1.29 is 28.6 Å². The molecule has 0 fully saturated rings. The zero-order valence-corrected chi connectivity index (χ0v) is 38.1. The summed E-state index contributed by atoms with van der Waals surface area (Å²) in [5, 5.41) is 0. The topological polar surface area (TPSA) is 78.9 Å². The van der Waals surface area contributed by atoms with Crippen molar-refractivity contribution in [3.8, 4) is 0 Å². The molecule has 6 nitrogen and oxygen atoms in total. The van der Waals surface area contributed by atoms with Crippen molar-refractivity contribution in [2.45, 2.75) is 271 Å². The normalized spacial score (nSPS) is 12.1. The fourth-order valence-corrected chi connectivity index (χ4v) is 7.18. The second kappa shape index (κ2) is 46.6. The molecule has 0 heterocycles. The predicted octanol–water partition coefficient (Wildman–Crippen LogP) is 16.0. The zero-order valence-electron chi connectivity index (χ0n) is 38.1. The summed E-state index contributed by atoms with van der Waals surface area (Å²) in [6.07, 6.45) is 51.6. The molecule has 0 saturated heterocycles. The largest absolute Gasteiger partial charge is 0.462 e. The molecular weight excluding hydrogens is 709 g/mol. The molecule has 6 heteroatoms. The van der Waals surface area contributed by atoms with Crippen LogP contribution in [0.25, 0.3) is 0 Å². The van der Waals surface area contributed by atoms with Gasteiger partial charge in [0.05, 0.1) is 0 Å². The van der Waals surface area contributed by atoms with Crippen LogP contribution in [-0.4, -0.2) is 37.2 Å². The highest BCUT2D eigenvalue weighted by Gasteiger charge is 2.19. The maximum atomic E-state index is 12.7. The molecule has 334 valence electrons. The first kappa shape index (κ1) is 54.9. The van der Waals surface area contributed by atoms with Gasteiger partial charge in [0.1, 0.15) is 13.2 Å². The van der Waals surface area contributed by atoms with Crippen LogP contribution in [0.15, 0.2) is 24.3 Å². The molecule has 0 amide bonds. The SMILES string of the molecule is CCCCCC/C=C\C/C=C\CCCCCCCCCC(=O)OCC(COC(=O)CCCCCCCCCCCC)OC(=O)CCCCCCCCCCCCC. The third-order valence-electron chi connectivity index (χ3n) is 11.0. The number of allylic oxidation sites excluding steroid dienone is 4. The van der Waals surface area contributed by atoms with Gasteiger partial charge in [-0.3, -0.25) is 14.4 Å². The smallest absolute Gasteiger partial charge is 0.306 e. The Kier molecular flexibility index (Phi) is 44.9. The molecule has 0 saturated carbocycles. The predicted molar refractivity (Wildman–Crippen MR) is 243 cm³/mol. The molecule has 0 aliphatic heterocycles. The van der Waals surface area contributed by atoms with E-state index < -0.39 is 6.10 Å². The van der Waals surface area contributed by atoms with Crippen LogP contribution < -0.4 is 0 Å². The summed E-state index contributed by atoms with van der Waals surface area (Å²) < 4.78 is 16.7. The van der Waals surface area contributed by atoms with Crippen molar-refractivity contribution in [3.05, 3.63) is 24.3 Å². The van der Waals surface area contributed by atoms with E-state index in [4.69, 9.17) is 14.2 Å². The molecule has 0 bridgehead atoms. The molecule has 0 aromatic rings. The molecule has 0 aliphatic carbocycles. The van der Waals surface area contributed by atoms with Gasteiger partial charge in [0.25, 0.3) is 0 Å². The summed E-state index contributed by atoms with van der Waals surface area (Å²) in [6.45, 7) is 6.61. The Morgan fingerprint density at radius 1 is 0.351 bits per heavy atom. The van der Waals surface area contributed by atoms with E-state index in [-0.39, 0.29) is 31.1 Å². The molecule has 0 N–H and O–H groups in total. The zero-order chi connectivity index (χ0) is 41.5. The molecule has 1 atom stereocenters. The first-order valence-electron chi connectivity index (χ1n) is 24.8. The summed E-state index contributed by atoms with van der Waals surface area (Å²) in [5.74, 6) is -0.870. The van der Waals surface area contributed by atoms with Crippen LogP contribution >= 0.6 is 0 Å². The number of hydrogen-bond acceptors (Lipinski definition) is 6. The van der Waals surface area contributed by atoms with Gasteiger partial charge < -0.3 is 14.2 Å². The maximum absolute atomic E-state index is 12.7. The molecule has 0 aromatic heterocycles. The van der Waals surface area contributed by atoms with Gasteiger partial charge in [-0.1, -0.05) is 218 Å². The molecule has 1 unspecified atom stereocenters. The summed E-state index contributed by atoms with van der Waals surface area (Å²) in [4.78, 5) is 37.8. The highest BCUT2D eigenvalue weighted by atomic mass is 16.6. The van der Waals surface area contributed by atoms with Gasteiger partial charge in [0.2, 0.25) is 0 Å². The quantitative estimate of drug-likeness (QED) is 0.0264. The lowest BCUT2D eigenvalue weighted by Crippen LogP contribution is -2.30. The number of carbonyl (C=O) groups excluding carboxylic acids is 3. The van der Waals surface area contributed by atoms with E-state index in [1.54, 1.807) is 0 Å². The van der Waals surface area contributed by atoms with Crippen LogP contribution in [0.5, 0.6) is 0 Å². The van der Waals surface area contributed by atoms with Gasteiger partial charge in [-0.2, -0.15) is 0 Å². The third-order valence-corrected chi connectivity index (χ3v) is 11.0. The van der Waals surface area contributed by atoms with Gasteiger partial charge in [-0.05, 0) is 51.4 Å². The van der Waals surface area contributed by atoms with Crippen LogP contribution in [0.2, 0.25) is 0 Å². The van der Waals surface area contributed by atoms with E-state index >= 15 is 0 Å². The summed E-state index contributed by atoms with van der Waals surface area (Å²) in [6, 6.07) is 0. The monoisotopic (exact) mass is 803 g/mol.